The number of carbonyl (C=O) groups excluding carboxylic acids is 1. The van der Waals surface area contributed by atoms with Gasteiger partial charge in [-0.15, -0.1) is 13.2 Å². The molecule has 0 radical (unpaired) electrons. The number of ether oxygens (including phenoxy) is 1. The first-order valence-electron chi connectivity index (χ1n) is 7.78. The summed E-state index contributed by atoms with van der Waals surface area (Å²) in [6, 6.07) is 0. The minimum atomic E-state index is -3.02. The highest BCUT2D eigenvalue weighted by molar-refractivity contribution is 6.90. The van der Waals surface area contributed by atoms with Crippen molar-refractivity contribution in [2.75, 3.05) is 6.23 Å². The summed E-state index contributed by atoms with van der Waals surface area (Å²) in [5.74, 6) is -0.329. The van der Waals surface area contributed by atoms with E-state index in [2.05, 4.69) is 72.1 Å². The molecule has 0 aliphatic carbocycles. The van der Waals surface area contributed by atoms with Crippen LogP contribution in [0.1, 0.15) is 6.92 Å². The van der Waals surface area contributed by atoms with E-state index in [1.807, 2.05) is 0 Å². The van der Waals surface area contributed by atoms with Gasteiger partial charge in [-0.05, 0) is 58.9 Å². The lowest BCUT2D eigenvalue weighted by molar-refractivity contribution is -0.140. The van der Waals surface area contributed by atoms with Gasteiger partial charge in [0.25, 0.3) is 0 Å². The highest BCUT2D eigenvalue weighted by atomic mass is 28.5. The maximum Gasteiger partial charge on any atom is 0.509 e. The Morgan fingerprint density at radius 1 is 0.739 bits per heavy atom. The van der Waals surface area contributed by atoms with E-state index >= 15 is 0 Å². The molecule has 0 fully saturated rings. The molecule has 0 amide bonds. The van der Waals surface area contributed by atoms with Gasteiger partial charge in [0.2, 0.25) is 0 Å². The van der Waals surface area contributed by atoms with Crippen LogP contribution in [0.3, 0.4) is 0 Å². The summed E-state index contributed by atoms with van der Waals surface area (Å²) in [5, 5.41) is 0. The maximum atomic E-state index is 11.3. The Kier molecular flexibility index (Phi) is 10.3. The number of carbonyl (C=O) groups is 1. The molecule has 0 atom stereocenters. The lowest BCUT2D eigenvalue weighted by atomic mass is 10.8. The van der Waals surface area contributed by atoms with Crippen molar-refractivity contribution < 1.29 is 21.9 Å². The van der Waals surface area contributed by atoms with Crippen molar-refractivity contribution in [2.24, 2.45) is 0 Å². The molecule has 0 rings (SSSR count). The summed E-state index contributed by atoms with van der Waals surface area (Å²) in [5.41, 5.74) is 0. The molecule has 0 aromatic rings. The molecule has 0 aliphatic rings. The molecule has 9 heteroatoms. The maximum absolute atomic E-state index is 11.3. The Morgan fingerprint density at radius 2 is 1.00 bits per heavy atom. The summed E-state index contributed by atoms with van der Waals surface area (Å²) in [7, 11) is -8.72. The average Bonchev–Trinajstić information content (AvgIpc) is 2.21. The predicted octanol–water partition coefficient (Wildman–Crippen LogP) is 4.38. The fourth-order valence-corrected chi connectivity index (χ4v) is 15.6. The predicted molar refractivity (Wildman–Crippen MR) is 107 cm³/mol. The minimum absolute atomic E-state index is 0.112. The second-order valence-electron chi connectivity index (χ2n) is 8.11. The molecule has 0 N–H and O–H groups in total. The summed E-state index contributed by atoms with van der Waals surface area (Å²) in [4.78, 5) is 11.3. The van der Waals surface area contributed by atoms with Gasteiger partial charge in [0, 0.05) is 6.92 Å². The van der Waals surface area contributed by atoms with Gasteiger partial charge < -0.3 is 17.1 Å². The van der Waals surface area contributed by atoms with Gasteiger partial charge in [0.15, 0.2) is 31.2 Å². The molecular formula is C14H36O5Si4. The first-order valence-corrected chi connectivity index (χ1v) is 19.9. The van der Waals surface area contributed by atoms with Gasteiger partial charge in [-0.3, -0.25) is 4.79 Å². The van der Waals surface area contributed by atoms with Crippen molar-refractivity contribution in [3.05, 3.63) is 13.2 Å². The fourth-order valence-electron chi connectivity index (χ4n) is 1.74. The van der Waals surface area contributed by atoms with Crippen LogP contribution in [0.2, 0.25) is 58.9 Å². The summed E-state index contributed by atoms with van der Waals surface area (Å²) in [6.45, 7) is 26.3. The topological polar surface area (TPSA) is 54.0 Å². The van der Waals surface area contributed by atoms with Gasteiger partial charge in [0.05, 0.1) is 0 Å². The molecule has 0 aromatic carbocycles. The monoisotopic (exact) mass is 396 g/mol. The minimum Gasteiger partial charge on any atom is -0.461 e. The van der Waals surface area contributed by atoms with Crippen molar-refractivity contribution in [1.29, 1.82) is 0 Å². The standard InChI is InChI=1S/C12H32O5Si4.C2H4/c1-12(13)14-11-21(15-18(2,3)4,16-19(5,6)7)17-20(8,9)10;1-2/h11H2,1-10H3;1-2H2. The summed E-state index contributed by atoms with van der Waals surface area (Å²) in [6.07, 6.45) is 0.112. The lowest BCUT2D eigenvalue weighted by Gasteiger charge is -2.42. The van der Waals surface area contributed by atoms with Crippen LogP contribution in [-0.4, -0.2) is 46.0 Å². The van der Waals surface area contributed by atoms with Crippen LogP contribution >= 0.6 is 0 Å². The molecule has 5 nitrogen and oxygen atoms in total. The van der Waals surface area contributed by atoms with Crippen LogP contribution in [0, 0.1) is 0 Å². The van der Waals surface area contributed by atoms with Crippen molar-refractivity contribution in [1.82, 2.24) is 0 Å². The van der Waals surface area contributed by atoms with Crippen LogP contribution in [0.15, 0.2) is 13.2 Å². The summed E-state index contributed by atoms with van der Waals surface area (Å²) >= 11 is 0. The van der Waals surface area contributed by atoms with E-state index < -0.39 is 33.8 Å². The van der Waals surface area contributed by atoms with E-state index in [-0.39, 0.29) is 12.2 Å². The van der Waals surface area contributed by atoms with Gasteiger partial charge in [-0.2, -0.15) is 0 Å². The van der Waals surface area contributed by atoms with E-state index in [4.69, 9.17) is 17.1 Å². The molecule has 0 heterocycles. The molecule has 0 bridgehead atoms. The first-order chi connectivity index (χ1) is 10.0. The van der Waals surface area contributed by atoms with E-state index in [1.165, 1.54) is 6.92 Å². The zero-order valence-electron chi connectivity index (χ0n) is 16.7. The average molecular weight is 397 g/mol. The Balaban J connectivity index is 0. The molecule has 0 spiro atoms. The van der Waals surface area contributed by atoms with Crippen LogP contribution < -0.4 is 0 Å². The van der Waals surface area contributed by atoms with Gasteiger partial charge in [-0.25, -0.2) is 0 Å². The van der Waals surface area contributed by atoms with Crippen LogP contribution in [-0.2, 0) is 21.9 Å². The molecular weight excluding hydrogens is 360 g/mol. The normalized spacial score (nSPS) is 13.1. The molecule has 0 saturated carbocycles. The number of esters is 1. The first kappa shape index (κ1) is 25.2. The third-order valence-corrected chi connectivity index (χ3v) is 13.4. The highest BCUT2D eigenvalue weighted by Crippen LogP contribution is 2.25. The molecule has 0 aromatic heterocycles. The molecule has 138 valence electrons. The zero-order chi connectivity index (χ0) is 19.1. The second kappa shape index (κ2) is 9.44. The van der Waals surface area contributed by atoms with Crippen LogP contribution in [0.5, 0.6) is 0 Å². The number of hydrogen-bond donors (Lipinski definition) is 0. The molecule has 0 unspecified atom stereocenters. The quantitative estimate of drug-likeness (QED) is 0.346. The third-order valence-electron chi connectivity index (χ3n) is 1.84. The largest absolute Gasteiger partial charge is 0.509 e. The fraction of sp³-hybridized carbons (Fsp3) is 0.786. The SMILES string of the molecule is C=C.CC(=O)OC[Si](O[Si](C)(C)C)(O[Si](C)(C)C)O[Si](C)(C)C. The third kappa shape index (κ3) is 15.2. The van der Waals surface area contributed by atoms with E-state index in [0.717, 1.165) is 0 Å². The van der Waals surface area contributed by atoms with Crippen molar-refractivity contribution in [2.45, 2.75) is 65.8 Å². The van der Waals surface area contributed by atoms with Crippen molar-refractivity contribution >= 4 is 39.7 Å². The molecule has 23 heavy (non-hydrogen) atoms. The highest BCUT2D eigenvalue weighted by Gasteiger charge is 2.51. The molecule has 0 aliphatic heterocycles. The van der Waals surface area contributed by atoms with Crippen LogP contribution in [0.4, 0.5) is 0 Å². The van der Waals surface area contributed by atoms with E-state index in [1.54, 1.807) is 0 Å². The lowest BCUT2D eigenvalue weighted by Crippen LogP contribution is -2.63. The Labute approximate surface area is 147 Å². The van der Waals surface area contributed by atoms with Crippen molar-refractivity contribution in [3.63, 3.8) is 0 Å². The Bertz CT molecular complexity index is 328. The number of rotatable bonds is 8. The summed E-state index contributed by atoms with van der Waals surface area (Å²) < 4.78 is 24.3. The Hall–Kier alpha value is -0.0425. The second-order valence-corrected chi connectivity index (χ2v) is 24.9. The Morgan fingerprint density at radius 3 is 1.17 bits per heavy atom. The van der Waals surface area contributed by atoms with E-state index in [0.29, 0.717) is 0 Å². The number of hydrogen-bond acceptors (Lipinski definition) is 5. The van der Waals surface area contributed by atoms with E-state index in [9.17, 15) is 4.79 Å². The van der Waals surface area contributed by atoms with Crippen molar-refractivity contribution in [3.8, 4) is 0 Å². The smallest absolute Gasteiger partial charge is 0.461 e. The van der Waals surface area contributed by atoms with Gasteiger partial charge in [0.1, 0.15) is 0 Å². The zero-order valence-corrected chi connectivity index (χ0v) is 20.7. The van der Waals surface area contributed by atoms with Crippen LogP contribution in [0.25, 0.3) is 0 Å². The van der Waals surface area contributed by atoms with Gasteiger partial charge >= 0.3 is 14.8 Å². The van der Waals surface area contributed by atoms with Gasteiger partial charge in [-0.1, -0.05) is 0 Å². The molecule has 0 saturated heterocycles.